The third-order valence-corrected chi connectivity index (χ3v) is 5.90. The van der Waals surface area contributed by atoms with Crippen molar-refractivity contribution in [3.63, 3.8) is 0 Å². The Morgan fingerprint density at radius 3 is 2.41 bits per heavy atom. The number of amides is 1. The second kappa shape index (κ2) is 10.6. The van der Waals surface area contributed by atoms with E-state index in [0.29, 0.717) is 12.4 Å². The average Bonchev–Trinajstić information content (AvgIpc) is 2.68. The lowest BCUT2D eigenvalue weighted by Crippen LogP contribution is -2.50. The zero-order valence-electron chi connectivity index (χ0n) is 16.5. The molecule has 0 fully saturated rings. The van der Waals surface area contributed by atoms with Crippen molar-refractivity contribution in [3.8, 4) is 5.75 Å². The predicted molar refractivity (Wildman–Crippen MR) is 112 cm³/mol. The molecular formula is C20H25ClN2O5S. The number of rotatable bonds is 10. The lowest BCUT2D eigenvalue weighted by molar-refractivity contribution is -0.123. The number of nitrogens with one attached hydrogen (secondary N) is 2. The summed E-state index contributed by atoms with van der Waals surface area (Å²) in [6.45, 7) is 2.09. The van der Waals surface area contributed by atoms with Gasteiger partial charge < -0.3 is 14.8 Å². The second-order valence-corrected chi connectivity index (χ2v) is 8.65. The molecule has 0 aliphatic rings. The molecule has 0 heterocycles. The van der Waals surface area contributed by atoms with Crippen LogP contribution in [0.5, 0.6) is 5.75 Å². The summed E-state index contributed by atoms with van der Waals surface area (Å²) in [5, 5.41) is 2.93. The maximum absolute atomic E-state index is 12.9. The molecule has 0 radical (unpaired) electrons. The van der Waals surface area contributed by atoms with Crippen LogP contribution in [0.25, 0.3) is 0 Å². The Labute approximate surface area is 176 Å². The van der Waals surface area contributed by atoms with Crippen LogP contribution in [0.15, 0.2) is 53.4 Å². The molecule has 0 saturated carbocycles. The highest BCUT2D eigenvalue weighted by molar-refractivity contribution is 7.89. The molecule has 2 aromatic rings. The van der Waals surface area contributed by atoms with Crippen molar-refractivity contribution in [1.82, 2.24) is 10.0 Å². The first-order chi connectivity index (χ1) is 13.8. The normalized spacial score (nSPS) is 13.5. The van der Waals surface area contributed by atoms with Gasteiger partial charge in [0.15, 0.2) is 0 Å². The minimum absolute atomic E-state index is 0.0564. The second-order valence-electron chi connectivity index (χ2n) is 6.52. The Hall–Kier alpha value is -2.13. The fourth-order valence-corrected chi connectivity index (χ4v) is 4.29. The quantitative estimate of drug-likeness (QED) is 0.591. The fourth-order valence-electron chi connectivity index (χ4n) is 2.74. The molecule has 0 unspecified atom stereocenters. The zero-order chi connectivity index (χ0) is 21.4. The molecular weight excluding hydrogens is 416 g/mol. The van der Waals surface area contributed by atoms with Crippen LogP contribution < -0.4 is 14.8 Å². The average molecular weight is 441 g/mol. The standard InChI is InChI=1S/C20H25ClN2O5S/c1-14(13-27-2)22-20(24)18(11-15-7-5-4-6-8-15)23-29(25,26)16-9-10-19(28-3)17(21)12-16/h4-10,12,14,18,23H,11,13H2,1-3H3,(H,22,24)/t14-,18-/m1/s1. The molecule has 2 rings (SSSR count). The smallest absolute Gasteiger partial charge is 0.241 e. The van der Waals surface area contributed by atoms with Crippen LogP contribution in [0.2, 0.25) is 5.02 Å². The third kappa shape index (κ3) is 6.71. The van der Waals surface area contributed by atoms with Crippen molar-refractivity contribution in [2.75, 3.05) is 20.8 Å². The van der Waals surface area contributed by atoms with E-state index in [1.807, 2.05) is 30.3 Å². The van der Waals surface area contributed by atoms with Gasteiger partial charge in [0, 0.05) is 13.2 Å². The molecule has 1 amide bonds. The Bertz CT molecular complexity index is 922. The van der Waals surface area contributed by atoms with Gasteiger partial charge in [0.05, 0.1) is 23.6 Å². The highest BCUT2D eigenvalue weighted by Gasteiger charge is 2.27. The summed E-state index contributed by atoms with van der Waals surface area (Å²) in [5.74, 6) is -0.0841. The molecule has 0 bridgehead atoms. The van der Waals surface area contributed by atoms with Crippen molar-refractivity contribution in [3.05, 3.63) is 59.1 Å². The summed E-state index contributed by atoms with van der Waals surface area (Å²) in [5.41, 5.74) is 0.822. The summed E-state index contributed by atoms with van der Waals surface area (Å²) in [6, 6.07) is 12.0. The molecule has 0 aromatic heterocycles. The summed E-state index contributed by atoms with van der Waals surface area (Å²) in [6.07, 6.45) is 0.190. The van der Waals surface area contributed by atoms with Gasteiger partial charge in [0.2, 0.25) is 15.9 Å². The summed E-state index contributed by atoms with van der Waals surface area (Å²) in [7, 11) is -1.03. The maximum Gasteiger partial charge on any atom is 0.241 e. The molecule has 0 spiro atoms. The minimum Gasteiger partial charge on any atom is -0.495 e. The van der Waals surface area contributed by atoms with Gasteiger partial charge in [-0.3, -0.25) is 4.79 Å². The van der Waals surface area contributed by atoms with Crippen LogP contribution in [-0.4, -0.2) is 47.2 Å². The summed E-state index contributed by atoms with van der Waals surface area (Å²) in [4.78, 5) is 12.7. The third-order valence-electron chi connectivity index (χ3n) is 4.14. The van der Waals surface area contributed by atoms with E-state index in [2.05, 4.69) is 10.0 Å². The van der Waals surface area contributed by atoms with Crippen LogP contribution in [0, 0.1) is 0 Å². The molecule has 0 aliphatic carbocycles. The lowest BCUT2D eigenvalue weighted by Gasteiger charge is -2.21. The monoisotopic (exact) mass is 440 g/mol. The maximum atomic E-state index is 12.9. The van der Waals surface area contributed by atoms with Gasteiger partial charge in [-0.05, 0) is 37.1 Å². The van der Waals surface area contributed by atoms with E-state index in [1.54, 1.807) is 6.92 Å². The first kappa shape index (κ1) is 23.2. The van der Waals surface area contributed by atoms with Crippen molar-refractivity contribution in [2.45, 2.75) is 30.3 Å². The van der Waals surface area contributed by atoms with Crippen molar-refractivity contribution in [1.29, 1.82) is 0 Å². The van der Waals surface area contributed by atoms with E-state index < -0.39 is 22.0 Å². The number of ether oxygens (including phenoxy) is 2. The molecule has 0 saturated heterocycles. The first-order valence-corrected chi connectivity index (χ1v) is 10.8. The van der Waals surface area contributed by atoms with Crippen LogP contribution >= 0.6 is 11.6 Å². The highest BCUT2D eigenvalue weighted by Crippen LogP contribution is 2.27. The van der Waals surface area contributed by atoms with Crippen LogP contribution in [-0.2, 0) is 26.0 Å². The Kier molecular flexibility index (Phi) is 8.45. The van der Waals surface area contributed by atoms with Gasteiger partial charge in [-0.2, -0.15) is 4.72 Å². The predicted octanol–water partition coefficient (Wildman–Crippen LogP) is 2.39. The molecule has 2 N–H and O–H groups in total. The van der Waals surface area contributed by atoms with Gasteiger partial charge >= 0.3 is 0 Å². The van der Waals surface area contributed by atoms with Crippen LogP contribution in [0.4, 0.5) is 0 Å². The highest BCUT2D eigenvalue weighted by atomic mass is 35.5. The molecule has 2 atom stereocenters. The lowest BCUT2D eigenvalue weighted by atomic mass is 10.1. The van der Waals surface area contributed by atoms with E-state index in [9.17, 15) is 13.2 Å². The van der Waals surface area contributed by atoms with E-state index in [-0.39, 0.29) is 22.4 Å². The fraction of sp³-hybridized carbons (Fsp3) is 0.350. The number of carbonyl (C=O) groups excluding carboxylic acids is 1. The summed E-state index contributed by atoms with van der Waals surface area (Å²) >= 11 is 6.06. The Morgan fingerprint density at radius 1 is 1.14 bits per heavy atom. The molecule has 158 valence electrons. The van der Waals surface area contributed by atoms with E-state index in [0.717, 1.165) is 5.56 Å². The number of hydrogen-bond donors (Lipinski definition) is 2. The van der Waals surface area contributed by atoms with Crippen LogP contribution in [0.1, 0.15) is 12.5 Å². The molecule has 9 heteroatoms. The largest absolute Gasteiger partial charge is 0.495 e. The van der Waals surface area contributed by atoms with E-state index in [4.69, 9.17) is 21.1 Å². The summed E-state index contributed by atoms with van der Waals surface area (Å²) < 4.78 is 38.3. The van der Waals surface area contributed by atoms with Gasteiger partial charge in [0.25, 0.3) is 0 Å². The van der Waals surface area contributed by atoms with Crippen LogP contribution in [0.3, 0.4) is 0 Å². The zero-order valence-corrected chi connectivity index (χ0v) is 18.1. The first-order valence-electron chi connectivity index (χ1n) is 8.96. The van der Waals surface area contributed by atoms with E-state index in [1.165, 1.54) is 32.4 Å². The number of hydrogen-bond acceptors (Lipinski definition) is 5. The van der Waals surface area contributed by atoms with Gasteiger partial charge in [-0.1, -0.05) is 41.9 Å². The van der Waals surface area contributed by atoms with Gasteiger partial charge in [-0.25, -0.2) is 8.42 Å². The molecule has 0 aliphatic heterocycles. The van der Waals surface area contributed by atoms with Crippen molar-refractivity contribution < 1.29 is 22.7 Å². The molecule has 29 heavy (non-hydrogen) atoms. The van der Waals surface area contributed by atoms with E-state index >= 15 is 0 Å². The van der Waals surface area contributed by atoms with Gasteiger partial charge in [-0.15, -0.1) is 0 Å². The van der Waals surface area contributed by atoms with Gasteiger partial charge in [0.1, 0.15) is 11.8 Å². The topological polar surface area (TPSA) is 93.7 Å². The molecule has 7 nitrogen and oxygen atoms in total. The number of sulfonamides is 1. The minimum atomic E-state index is -4.00. The van der Waals surface area contributed by atoms with Crippen molar-refractivity contribution in [2.24, 2.45) is 0 Å². The van der Waals surface area contributed by atoms with Crippen molar-refractivity contribution >= 4 is 27.5 Å². The number of halogens is 1. The SMILES string of the molecule is COC[C@@H](C)NC(=O)[C@@H](Cc1ccccc1)NS(=O)(=O)c1ccc(OC)c(Cl)c1. The number of methoxy groups -OCH3 is 2. The molecule has 2 aromatic carbocycles. The number of benzene rings is 2. The Balaban J connectivity index is 2.27. The number of carbonyl (C=O) groups is 1. The Morgan fingerprint density at radius 2 is 1.83 bits per heavy atom.